The highest BCUT2D eigenvalue weighted by Gasteiger charge is 2.14. The summed E-state index contributed by atoms with van der Waals surface area (Å²) in [4.78, 5) is 14.2. The molecule has 0 atom stereocenters. The molecule has 20 heavy (non-hydrogen) atoms. The van der Waals surface area contributed by atoms with E-state index in [4.69, 9.17) is 11.6 Å². The Morgan fingerprint density at radius 1 is 1.35 bits per heavy atom. The topological polar surface area (TPSA) is 68.1 Å². The molecule has 1 aromatic heterocycles. The number of nitrogens with one attached hydrogen (secondary N) is 1. The SMILES string of the molecule is Cc1ccc(C)c(CNc2cc(Cl)ncc2[N+](=O)[O-])c1. The Morgan fingerprint density at radius 2 is 2.10 bits per heavy atom. The molecule has 0 radical (unpaired) electrons. The lowest BCUT2D eigenvalue weighted by molar-refractivity contribution is -0.384. The summed E-state index contributed by atoms with van der Waals surface area (Å²) in [6.07, 6.45) is 1.16. The molecule has 2 aromatic rings. The Kier molecular flexibility index (Phi) is 4.20. The molecule has 5 nitrogen and oxygen atoms in total. The highest BCUT2D eigenvalue weighted by Crippen LogP contribution is 2.26. The third-order valence-corrected chi connectivity index (χ3v) is 3.23. The first-order valence-corrected chi connectivity index (χ1v) is 6.45. The fourth-order valence-corrected chi connectivity index (χ4v) is 2.05. The lowest BCUT2D eigenvalue weighted by Crippen LogP contribution is -2.04. The third kappa shape index (κ3) is 3.24. The molecule has 1 N–H and O–H groups in total. The highest BCUT2D eigenvalue weighted by atomic mass is 35.5. The third-order valence-electron chi connectivity index (χ3n) is 3.02. The van der Waals surface area contributed by atoms with Gasteiger partial charge in [0.05, 0.1) is 4.92 Å². The summed E-state index contributed by atoms with van der Waals surface area (Å²) in [6.45, 7) is 4.51. The van der Waals surface area contributed by atoms with E-state index in [0.29, 0.717) is 12.2 Å². The van der Waals surface area contributed by atoms with Crippen molar-refractivity contribution in [1.82, 2.24) is 4.98 Å². The zero-order valence-electron chi connectivity index (χ0n) is 11.2. The van der Waals surface area contributed by atoms with Crippen LogP contribution in [0.15, 0.2) is 30.5 Å². The summed E-state index contributed by atoms with van der Waals surface area (Å²) in [5, 5.41) is 14.2. The van der Waals surface area contributed by atoms with Gasteiger partial charge in [-0.3, -0.25) is 10.1 Å². The van der Waals surface area contributed by atoms with Crippen molar-refractivity contribution < 1.29 is 4.92 Å². The van der Waals surface area contributed by atoms with Gasteiger partial charge in [-0.25, -0.2) is 4.98 Å². The quantitative estimate of drug-likeness (QED) is 0.527. The molecule has 0 fully saturated rings. The summed E-state index contributed by atoms with van der Waals surface area (Å²) in [5.41, 5.74) is 3.66. The second-order valence-electron chi connectivity index (χ2n) is 4.56. The van der Waals surface area contributed by atoms with Gasteiger partial charge in [-0.05, 0) is 25.0 Å². The van der Waals surface area contributed by atoms with Gasteiger partial charge >= 0.3 is 5.69 Å². The lowest BCUT2D eigenvalue weighted by Gasteiger charge is -2.10. The summed E-state index contributed by atoms with van der Waals surface area (Å²) in [6, 6.07) is 7.58. The second kappa shape index (κ2) is 5.88. The number of nitrogens with zero attached hydrogens (tertiary/aromatic N) is 2. The zero-order chi connectivity index (χ0) is 14.7. The van der Waals surface area contributed by atoms with Gasteiger partial charge in [0, 0.05) is 12.6 Å². The minimum atomic E-state index is -0.477. The van der Waals surface area contributed by atoms with Crippen molar-refractivity contribution in [3.05, 3.63) is 62.4 Å². The van der Waals surface area contributed by atoms with Gasteiger partial charge < -0.3 is 5.32 Å². The Labute approximate surface area is 121 Å². The smallest absolute Gasteiger partial charge is 0.310 e. The van der Waals surface area contributed by atoms with Gasteiger partial charge in [-0.1, -0.05) is 35.4 Å². The van der Waals surface area contributed by atoms with Gasteiger partial charge in [0.1, 0.15) is 17.0 Å². The molecule has 2 rings (SSSR count). The molecule has 0 saturated heterocycles. The van der Waals surface area contributed by atoms with Crippen LogP contribution < -0.4 is 5.32 Å². The average Bonchev–Trinajstić information content (AvgIpc) is 2.39. The fourth-order valence-electron chi connectivity index (χ4n) is 1.89. The molecule has 0 aliphatic rings. The number of aryl methyl sites for hydroxylation is 2. The fraction of sp³-hybridized carbons (Fsp3) is 0.214. The first-order chi connectivity index (χ1) is 9.47. The van der Waals surface area contributed by atoms with E-state index in [1.165, 1.54) is 6.07 Å². The van der Waals surface area contributed by atoms with Crippen LogP contribution in [0.1, 0.15) is 16.7 Å². The Morgan fingerprint density at radius 3 is 2.80 bits per heavy atom. The molecule has 0 unspecified atom stereocenters. The summed E-state index contributed by atoms with van der Waals surface area (Å²) < 4.78 is 0. The van der Waals surface area contributed by atoms with Crippen LogP contribution in [0.25, 0.3) is 0 Å². The Hall–Kier alpha value is -2.14. The van der Waals surface area contributed by atoms with Crippen LogP contribution in [-0.2, 0) is 6.54 Å². The Bertz CT molecular complexity index is 659. The minimum Gasteiger partial charge on any atom is -0.375 e. The van der Waals surface area contributed by atoms with Crippen molar-refractivity contribution in [2.45, 2.75) is 20.4 Å². The minimum absolute atomic E-state index is 0.0836. The van der Waals surface area contributed by atoms with Gasteiger partial charge in [-0.15, -0.1) is 0 Å². The standard InChI is InChI=1S/C14H14ClN3O2/c1-9-3-4-10(2)11(5-9)7-16-12-6-14(15)17-8-13(12)18(19)20/h3-6,8H,7H2,1-2H3,(H,16,17). The van der Waals surface area contributed by atoms with Gasteiger partial charge in [0.2, 0.25) is 0 Å². The van der Waals surface area contributed by atoms with Gasteiger partial charge in [0.25, 0.3) is 0 Å². The summed E-state index contributed by atoms with van der Waals surface area (Å²) >= 11 is 5.79. The first-order valence-electron chi connectivity index (χ1n) is 6.07. The van der Waals surface area contributed by atoms with Crippen molar-refractivity contribution in [2.75, 3.05) is 5.32 Å². The molecule has 0 bridgehead atoms. The molecule has 0 aliphatic carbocycles. The number of hydrogen-bond donors (Lipinski definition) is 1. The molecule has 0 aliphatic heterocycles. The predicted octanol–water partition coefficient (Wildman–Crippen LogP) is 3.87. The van der Waals surface area contributed by atoms with E-state index in [1.807, 2.05) is 26.0 Å². The van der Waals surface area contributed by atoms with Crippen molar-refractivity contribution >= 4 is 23.0 Å². The normalized spacial score (nSPS) is 10.3. The average molecular weight is 292 g/mol. The number of halogens is 1. The molecule has 0 saturated carbocycles. The van der Waals surface area contributed by atoms with E-state index in [0.717, 1.165) is 22.9 Å². The van der Waals surface area contributed by atoms with Crippen LogP contribution in [-0.4, -0.2) is 9.91 Å². The molecular formula is C14H14ClN3O2. The number of aromatic nitrogens is 1. The molecule has 0 spiro atoms. The van der Waals surface area contributed by atoms with Gasteiger partial charge in [-0.2, -0.15) is 0 Å². The van der Waals surface area contributed by atoms with E-state index >= 15 is 0 Å². The van der Waals surface area contributed by atoms with Crippen LogP contribution >= 0.6 is 11.6 Å². The first kappa shape index (κ1) is 14.3. The molecule has 6 heteroatoms. The summed E-state index contributed by atoms with van der Waals surface area (Å²) in [5.74, 6) is 0. The van der Waals surface area contributed by atoms with Crippen LogP contribution in [0.2, 0.25) is 5.15 Å². The molecule has 1 aromatic carbocycles. The van der Waals surface area contributed by atoms with E-state index in [9.17, 15) is 10.1 Å². The van der Waals surface area contributed by atoms with Crippen molar-refractivity contribution in [3.8, 4) is 0 Å². The number of benzene rings is 1. The van der Waals surface area contributed by atoms with Gasteiger partial charge in [0.15, 0.2) is 0 Å². The maximum atomic E-state index is 10.9. The van der Waals surface area contributed by atoms with Crippen molar-refractivity contribution in [1.29, 1.82) is 0 Å². The summed E-state index contributed by atoms with van der Waals surface area (Å²) in [7, 11) is 0. The Balaban J connectivity index is 2.24. The van der Waals surface area contributed by atoms with Crippen molar-refractivity contribution in [2.24, 2.45) is 0 Å². The number of rotatable bonds is 4. The van der Waals surface area contributed by atoms with Crippen LogP contribution in [0, 0.1) is 24.0 Å². The molecular weight excluding hydrogens is 278 g/mol. The second-order valence-corrected chi connectivity index (χ2v) is 4.95. The predicted molar refractivity (Wildman–Crippen MR) is 79.1 cm³/mol. The van der Waals surface area contributed by atoms with E-state index in [-0.39, 0.29) is 10.8 Å². The van der Waals surface area contributed by atoms with Crippen LogP contribution in [0.5, 0.6) is 0 Å². The zero-order valence-corrected chi connectivity index (χ0v) is 11.9. The maximum absolute atomic E-state index is 10.9. The lowest BCUT2D eigenvalue weighted by atomic mass is 10.1. The number of anilines is 1. The maximum Gasteiger partial charge on any atom is 0.310 e. The van der Waals surface area contributed by atoms with Crippen molar-refractivity contribution in [3.63, 3.8) is 0 Å². The number of nitro groups is 1. The molecule has 1 heterocycles. The molecule has 0 amide bonds. The largest absolute Gasteiger partial charge is 0.375 e. The monoisotopic (exact) mass is 291 g/mol. The number of hydrogen-bond acceptors (Lipinski definition) is 4. The van der Waals surface area contributed by atoms with E-state index in [2.05, 4.69) is 16.4 Å². The highest BCUT2D eigenvalue weighted by molar-refractivity contribution is 6.29. The van der Waals surface area contributed by atoms with Crippen LogP contribution in [0.4, 0.5) is 11.4 Å². The molecule has 104 valence electrons. The van der Waals surface area contributed by atoms with E-state index in [1.54, 1.807) is 0 Å². The van der Waals surface area contributed by atoms with Crippen LogP contribution in [0.3, 0.4) is 0 Å². The number of pyridine rings is 1. The van der Waals surface area contributed by atoms with E-state index < -0.39 is 4.92 Å².